The van der Waals surface area contributed by atoms with Crippen LogP contribution in [0.4, 0.5) is 0 Å². The molecule has 0 fully saturated rings. The van der Waals surface area contributed by atoms with Gasteiger partial charge in [0.2, 0.25) is 0 Å². The molecule has 2 heterocycles. The number of carboxylic acids is 1. The molecule has 4 nitrogen and oxygen atoms in total. The van der Waals surface area contributed by atoms with E-state index < -0.39 is 5.97 Å². The van der Waals surface area contributed by atoms with Crippen LogP contribution in [-0.2, 0) is 0 Å². The Bertz CT molecular complexity index is 473. The number of rotatable bonds is 1. The molecule has 0 saturated carbocycles. The van der Waals surface area contributed by atoms with E-state index in [0.717, 1.165) is 11.1 Å². The summed E-state index contributed by atoms with van der Waals surface area (Å²) < 4.78 is 5.25. The van der Waals surface area contributed by atoms with Gasteiger partial charge in [0.25, 0.3) is 0 Å². The molecule has 2 aromatic rings. The van der Waals surface area contributed by atoms with Gasteiger partial charge in [0.1, 0.15) is 11.5 Å². The second-order valence-electron chi connectivity index (χ2n) is 2.77. The molecule has 0 spiro atoms. The van der Waals surface area contributed by atoms with Crippen molar-refractivity contribution in [2.75, 3.05) is 0 Å². The lowest BCUT2D eigenvalue weighted by Crippen LogP contribution is -1.98. The van der Waals surface area contributed by atoms with Crippen LogP contribution in [0.5, 0.6) is 0 Å². The van der Waals surface area contributed by atoms with Crippen LogP contribution >= 0.6 is 0 Å². The molecule has 0 unspecified atom stereocenters. The molecule has 0 atom stereocenters. The van der Waals surface area contributed by atoms with Crippen LogP contribution in [0.3, 0.4) is 0 Å². The molecular weight excluding hydrogens is 170 g/mol. The molecule has 0 aliphatic carbocycles. The lowest BCUT2D eigenvalue weighted by atomic mass is 10.2. The highest BCUT2D eigenvalue weighted by Crippen LogP contribution is 2.18. The number of nitrogens with zero attached hydrogens (tertiary/aromatic N) is 1. The maximum atomic E-state index is 10.6. The Morgan fingerprint density at radius 3 is 3.00 bits per heavy atom. The fraction of sp³-hybridized carbons (Fsp3) is 0.111. The first-order valence-corrected chi connectivity index (χ1v) is 3.76. The Morgan fingerprint density at radius 2 is 2.31 bits per heavy atom. The topological polar surface area (TPSA) is 63.3 Å². The van der Waals surface area contributed by atoms with Gasteiger partial charge < -0.3 is 9.52 Å². The third kappa shape index (κ3) is 1.26. The second kappa shape index (κ2) is 2.58. The number of hydrogen-bond acceptors (Lipinski definition) is 3. The number of carboxylic acid groups (broad SMARTS) is 1. The SMILES string of the molecule is Cc1cc2cc(C(=O)O)ncc2o1. The summed E-state index contributed by atoms with van der Waals surface area (Å²) in [7, 11) is 0. The molecule has 1 N–H and O–H groups in total. The summed E-state index contributed by atoms with van der Waals surface area (Å²) in [4.78, 5) is 14.3. The van der Waals surface area contributed by atoms with Gasteiger partial charge in [0.05, 0.1) is 6.20 Å². The Kier molecular flexibility index (Phi) is 1.55. The fourth-order valence-electron chi connectivity index (χ4n) is 1.20. The van der Waals surface area contributed by atoms with Crippen molar-refractivity contribution in [1.82, 2.24) is 4.98 Å². The number of fused-ring (bicyclic) bond motifs is 1. The summed E-state index contributed by atoms with van der Waals surface area (Å²) in [6.45, 7) is 1.81. The molecule has 13 heavy (non-hydrogen) atoms. The van der Waals surface area contributed by atoms with Gasteiger partial charge in [-0.3, -0.25) is 0 Å². The molecule has 0 amide bonds. The Hall–Kier alpha value is -1.84. The zero-order chi connectivity index (χ0) is 9.42. The van der Waals surface area contributed by atoms with Crippen LogP contribution in [0.2, 0.25) is 0 Å². The molecule has 0 saturated heterocycles. The van der Waals surface area contributed by atoms with E-state index in [-0.39, 0.29) is 5.69 Å². The number of carbonyl (C=O) groups is 1. The monoisotopic (exact) mass is 177 g/mol. The van der Waals surface area contributed by atoms with Gasteiger partial charge in [-0.2, -0.15) is 0 Å². The van der Waals surface area contributed by atoms with E-state index in [4.69, 9.17) is 9.52 Å². The number of aromatic nitrogens is 1. The highest BCUT2D eigenvalue weighted by Gasteiger charge is 2.07. The molecule has 0 aliphatic rings. The van der Waals surface area contributed by atoms with Crippen LogP contribution in [-0.4, -0.2) is 16.1 Å². The standard InChI is InChI=1S/C9H7NO3/c1-5-2-6-3-7(9(11)12)10-4-8(6)13-5/h2-4H,1H3,(H,11,12). The van der Waals surface area contributed by atoms with Crippen LogP contribution in [0.1, 0.15) is 16.2 Å². The average Bonchev–Trinajstić information content (AvgIpc) is 2.42. The largest absolute Gasteiger partial charge is 0.477 e. The van der Waals surface area contributed by atoms with E-state index in [2.05, 4.69) is 4.98 Å². The summed E-state index contributed by atoms with van der Waals surface area (Å²) in [5, 5.41) is 9.43. The quantitative estimate of drug-likeness (QED) is 0.721. The third-order valence-electron chi connectivity index (χ3n) is 1.75. The highest BCUT2D eigenvalue weighted by molar-refractivity contribution is 5.90. The van der Waals surface area contributed by atoms with Crippen molar-refractivity contribution >= 4 is 16.9 Å². The molecule has 0 bridgehead atoms. The summed E-state index contributed by atoms with van der Waals surface area (Å²) in [5.74, 6) is -0.278. The van der Waals surface area contributed by atoms with E-state index in [1.54, 1.807) is 13.0 Å². The van der Waals surface area contributed by atoms with Crippen LogP contribution in [0.15, 0.2) is 22.7 Å². The lowest BCUT2D eigenvalue weighted by Gasteiger charge is -1.91. The first kappa shape index (κ1) is 7.79. The van der Waals surface area contributed by atoms with Crippen molar-refractivity contribution in [3.63, 3.8) is 0 Å². The minimum atomic E-state index is -1.03. The van der Waals surface area contributed by atoms with Crippen molar-refractivity contribution in [2.45, 2.75) is 6.92 Å². The molecule has 0 radical (unpaired) electrons. The van der Waals surface area contributed by atoms with E-state index in [9.17, 15) is 4.79 Å². The van der Waals surface area contributed by atoms with Crippen LogP contribution < -0.4 is 0 Å². The number of furan rings is 1. The number of aromatic carboxylic acids is 1. The third-order valence-corrected chi connectivity index (χ3v) is 1.75. The van der Waals surface area contributed by atoms with Crippen molar-refractivity contribution in [1.29, 1.82) is 0 Å². The van der Waals surface area contributed by atoms with E-state index in [1.807, 2.05) is 0 Å². The minimum absolute atomic E-state index is 0.0355. The normalized spacial score (nSPS) is 10.5. The Labute approximate surface area is 73.8 Å². The molecule has 0 aromatic carbocycles. The second-order valence-corrected chi connectivity index (χ2v) is 2.77. The predicted molar refractivity (Wildman–Crippen MR) is 45.7 cm³/mol. The maximum Gasteiger partial charge on any atom is 0.354 e. The van der Waals surface area contributed by atoms with Gasteiger partial charge in [-0.15, -0.1) is 0 Å². The maximum absolute atomic E-state index is 10.6. The van der Waals surface area contributed by atoms with E-state index in [0.29, 0.717) is 5.58 Å². The summed E-state index contributed by atoms with van der Waals surface area (Å²) in [5.41, 5.74) is 0.649. The summed E-state index contributed by atoms with van der Waals surface area (Å²) >= 11 is 0. The van der Waals surface area contributed by atoms with Gasteiger partial charge in [0.15, 0.2) is 5.58 Å². The van der Waals surface area contributed by atoms with Crippen molar-refractivity contribution in [2.24, 2.45) is 0 Å². The molecule has 2 rings (SSSR count). The van der Waals surface area contributed by atoms with Gasteiger partial charge in [-0.1, -0.05) is 0 Å². The number of pyridine rings is 1. The lowest BCUT2D eigenvalue weighted by molar-refractivity contribution is 0.0690. The van der Waals surface area contributed by atoms with Gasteiger partial charge >= 0.3 is 5.97 Å². The fourth-order valence-corrected chi connectivity index (χ4v) is 1.20. The summed E-state index contributed by atoms with van der Waals surface area (Å²) in [6.07, 6.45) is 1.42. The van der Waals surface area contributed by atoms with Gasteiger partial charge in [-0.05, 0) is 19.1 Å². The molecule has 2 aromatic heterocycles. The van der Waals surface area contributed by atoms with E-state index in [1.165, 1.54) is 12.3 Å². The average molecular weight is 177 g/mol. The Morgan fingerprint density at radius 1 is 1.54 bits per heavy atom. The van der Waals surface area contributed by atoms with Crippen molar-refractivity contribution in [3.8, 4) is 0 Å². The van der Waals surface area contributed by atoms with Gasteiger partial charge in [-0.25, -0.2) is 9.78 Å². The zero-order valence-corrected chi connectivity index (χ0v) is 6.94. The first-order valence-electron chi connectivity index (χ1n) is 3.76. The molecule has 0 aliphatic heterocycles. The minimum Gasteiger partial charge on any atom is -0.477 e. The van der Waals surface area contributed by atoms with E-state index >= 15 is 0 Å². The smallest absolute Gasteiger partial charge is 0.354 e. The number of aryl methyl sites for hydroxylation is 1. The molecule has 66 valence electrons. The summed E-state index contributed by atoms with van der Waals surface area (Å²) in [6, 6.07) is 3.28. The highest BCUT2D eigenvalue weighted by atomic mass is 16.4. The molecule has 4 heteroatoms. The van der Waals surface area contributed by atoms with Gasteiger partial charge in [0, 0.05) is 5.39 Å². The van der Waals surface area contributed by atoms with Crippen LogP contribution in [0.25, 0.3) is 11.0 Å². The predicted octanol–water partition coefficient (Wildman–Crippen LogP) is 1.83. The van der Waals surface area contributed by atoms with Crippen molar-refractivity contribution in [3.05, 3.63) is 29.8 Å². The zero-order valence-electron chi connectivity index (χ0n) is 6.94. The van der Waals surface area contributed by atoms with Crippen LogP contribution in [0, 0.1) is 6.92 Å². The first-order chi connectivity index (χ1) is 6.16. The van der Waals surface area contributed by atoms with Crippen molar-refractivity contribution < 1.29 is 14.3 Å². The molecular formula is C9H7NO3. The Balaban J connectivity index is 2.67. The number of hydrogen-bond donors (Lipinski definition) is 1.